The molecule has 84 valence electrons. The molecule has 0 saturated heterocycles. The summed E-state index contributed by atoms with van der Waals surface area (Å²) in [6, 6.07) is 0. The van der Waals surface area contributed by atoms with E-state index in [-0.39, 0.29) is 0 Å². The van der Waals surface area contributed by atoms with Crippen LogP contribution in [0.3, 0.4) is 0 Å². The third-order valence-corrected chi connectivity index (χ3v) is 2.67. The van der Waals surface area contributed by atoms with Crippen molar-refractivity contribution in [2.24, 2.45) is 5.92 Å². The molecule has 0 radical (unpaired) electrons. The van der Waals surface area contributed by atoms with E-state index < -0.39 is 0 Å². The summed E-state index contributed by atoms with van der Waals surface area (Å²) in [6.45, 7) is 10.8. The molecule has 0 aliphatic heterocycles. The van der Waals surface area contributed by atoms with Crippen LogP contribution in [-0.2, 0) is 0 Å². The fraction of sp³-hybridized carbons (Fsp3) is 0.846. The monoisotopic (exact) mass is 198 g/mol. The van der Waals surface area contributed by atoms with Crippen molar-refractivity contribution in [2.45, 2.75) is 39.5 Å². The van der Waals surface area contributed by atoms with Crippen molar-refractivity contribution in [1.82, 2.24) is 0 Å². The topological polar surface area (TPSA) is 0 Å². The van der Waals surface area contributed by atoms with Crippen molar-refractivity contribution in [3.8, 4) is 0 Å². The van der Waals surface area contributed by atoms with Gasteiger partial charge in [0.05, 0.1) is 27.2 Å². The normalized spacial score (nSPS) is 12.1. The summed E-state index contributed by atoms with van der Waals surface area (Å²) in [5.74, 6) is 0.866. The SMILES string of the molecule is C=CC[N+](C)(C)CCCCCC(C)C. The van der Waals surface area contributed by atoms with Gasteiger partial charge in [-0.2, -0.15) is 0 Å². The largest absolute Gasteiger partial charge is 0.325 e. The second kappa shape index (κ2) is 7.05. The van der Waals surface area contributed by atoms with E-state index in [0.29, 0.717) is 0 Å². The quantitative estimate of drug-likeness (QED) is 0.318. The molecule has 0 aromatic carbocycles. The Labute approximate surface area is 90.4 Å². The number of likely N-dealkylation sites (N-methyl/N-ethyl adjacent to an activating group) is 1. The predicted octanol–water partition coefficient (Wildman–Crippen LogP) is 3.47. The highest BCUT2D eigenvalue weighted by Crippen LogP contribution is 2.09. The first-order valence-electron chi connectivity index (χ1n) is 5.91. The molecular formula is C13H28N+. The van der Waals surface area contributed by atoms with E-state index >= 15 is 0 Å². The summed E-state index contributed by atoms with van der Waals surface area (Å²) in [5.41, 5.74) is 0. The zero-order chi connectivity index (χ0) is 11.0. The van der Waals surface area contributed by atoms with Crippen molar-refractivity contribution in [1.29, 1.82) is 0 Å². The van der Waals surface area contributed by atoms with Crippen molar-refractivity contribution in [2.75, 3.05) is 27.2 Å². The molecule has 0 aromatic heterocycles. The molecule has 0 amide bonds. The van der Waals surface area contributed by atoms with Crippen LogP contribution in [0.5, 0.6) is 0 Å². The van der Waals surface area contributed by atoms with Gasteiger partial charge in [0.1, 0.15) is 0 Å². The van der Waals surface area contributed by atoms with E-state index in [1.165, 1.54) is 32.2 Å². The summed E-state index contributed by atoms with van der Waals surface area (Å²) < 4.78 is 1.09. The van der Waals surface area contributed by atoms with E-state index in [0.717, 1.165) is 16.9 Å². The zero-order valence-corrected chi connectivity index (χ0v) is 10.6. The predicted molar refractivity (Wildman–Crippen MR) is 65.3 cm³/mol. The molecule has 1 nitrogen and oxygen atoms in total. The molecule has 14 heavy (non-hydrogen) atoms. The van der Waals surface area contributed by atoms with Gasteiger partial charge in [-0.05, 0) is 24.8 Å². The maximum atomic E-state index is 3.80. The molecule has 0 aliphatic rings. The third-order valence-electron chi connectivity index (χ3n) is 2.67. The number of unbranched alkanes of at least 4 members (excludes halogenated alkanes) is 2. The second-order valence-corrected chi connectivity index (χ2v) is 5.37. The molecule has 1 heteroatoms. The van der Waals surface area contributed by atoms with Crippen LogP contribution in [0.2, 0.25) is 0 Å². The van der Waals surface area contributed by atoms with Gasteiger partial charge in [-0.3, -0.25) is 0 Å². The smallest absolute Gasteiger partial charge is 0.0966 e. The minimum absolute atomic E-state index is 0.866. The Balaban J connectivity index is 3.39. The standard InChI is InChI=1S/C13H28N/c1-6-11-14(4,5)12-9-7-8-10-13(2)3/h6,13H,1,7-12H2,2-5H3/q+1. The lowest BCUT2D eigenvalue weighted by atomic mass is 10.1. The molecule has 0 unspecified atom stereocenters. The van der Waals surface area contributed by atoms with Gasteiger partial charge < -0.3 is 4.48 Å². The molecule has 0 heterocycles. The maximum absolute atomic E-state index is 3.80. The van der Waals surface area contributed by atoms with Gasteiger partial charge in [-0.25, -0.2) is 0 Å². The van der Waals surface area contributed by atoms with Crippen LogP contribution in [0.4, 0.5) is 0 Å². The lowest BCUT2D eigenvalue weighted by Gasteiger charge is -2.28. The molecule has 0 bridgehead atoms. The van der Waals surface area contributed by atoms with Crippen LogP contribution >= 0.6 is 0 Å². The molecule has 0 rings (SSSR count). The van der Waals surface area contributed by atoms with Crippen LogP contribution in [0, 0.1) is 5.92 Å². The van der Waals surface area contributed by atoms with E-state index in [1.54, 1.807) is 0 Å². The van der Waals surface area contributed by atoms with E-state index in [1.807, 2.05) is 6.08 Å². The summed E-state index contributed by atoms with van der Waals surface area (Å²) in [6.07, 6.45) is 7.54. The fourth-order valence-corrected chi connectivity index (χ4v) is 1.71. The van der Waals surface area contributed by atoms with E-state index in [2.05, 4.69) is 34.5 Å². The van der Waals surface area contributed by atoms with E-state index in [9.17, 15) is 0 Å². The molecular weight excluding hydrogens is 170 g/mol. The van der Waals surface area contributed by atoms with Crippen molar-refractivity contribution in [3.05, 3.63) is 12.7 Å². The van der Waals surface area contributed by atoms with Gasteiger partial charge in [0, 0.05) is 0 Å². The van der Waals surface area contributed by atoms with Crippen molar-refractivity contribution >= 4 is 0 Å². The minimum Gasteiger partial charge on any atom is -0.325 e. The summed E-state index contributed by atoms with van der Waals surface area (Å²) >= 11 is 0. The number of rotatable bonds is 8. The molecule has 0 N–H and O–H groups in total. The van der Waals surface area contributed by atoms with E-state index in [4.69, 9.17) is 0 Å². The maximum Gasteiger partial charge on any atom is 0.0966 e. The Morgan fingerprint density at radius 3 is 2.29 bits per heavy atom. The van der Waals surface area contributed by atoms with Crippen LogP contribution in [0.25, 0.3) is 0 Å². The summed E-state index contributed by atoms with van der Waals surface area (Å²) in [7, 11) is 4.56. The average Bonchev–Trinajstić information content (AvgIpc) is 2.02. The minimum atomic E-state index is 0.866. The first-order chi connectivity index (χ1) is 6.48. The van der Waals surface area contributed by atoms with Crippen molar-refractivity contribution in [3.63, 3.8) is 0 Å². The van der Waals surface area contributed by atoms with Gasteiger partial charge in [-0.15, -0.1) is 0 Å². The first-order valence-corrected chi connectivity index (χ1v) is 5.91. The Morgan fingerprint density at radius 1 is 1.14 bits per heavy atom. The lowest BCUT2D eigenvalue weighted by Crippen LogP contribution is -2.40. The Kier molecular flexibility index (Phi) is 6.90. The van der Waals surface area contributed by atoms with Crippen LogP contribution in [0.1, 0.15) is 39.5 Å². The second-order valence-electron chi connectivity index (χ2n) is 5.37. The Morgan fingerprint density at radius 2 is 1.79 bits per heavy atom. The molecule has 0 spiro atoms. The molecule has 0 saturated carbocycles. The van der Waals surface area contributed by atoms with Gasteiger partial charge in [0.25, 0.3) is 0 Å². The fourth-order valence-electron chi connectivity index (χ4n) is 1.71. The number of quaternary nitrogens is 1. The van der Waals surface area contributed by atoms with Gasteiger partial charge in [-0.1, -0.05) is 33.3 Å². The number of hydrogen-bond donors (Lipinski definition) is 0. The average molecular weight is 198 g/mol. The van der Waals surface area contributed by atoms with Crippen molar-refractivity contribution < 1.29 is 4.48 Å². The first kappa shape index (κ1) is 13.7. The van der Waals surface area contributed by atoms with Gasteiger partial charge in [0.2, 0.25) is 0 Å². The van der Waals surface area contributed by atoms with Crippen LogP contribution < -0.4 is 0 Å². The van der Waals surface area contributed by atoms with Gasteiger partial charge in [0.15, 0.2) is 0 Å². The molecule has 0 aliphatic carbocycles. The Hall–Kier alpha value is -0.300. The molecule has 0 fully saturated rings. The third kappa shape index (κ3) is 8.31. The highest BCUT2D eigenvalue weighted by molar-refractivity contribution is 4.64. The highest BCUT2D eigenvalue weighted by atomic mass is 15.3. The zero-order valence-electron chi connectivity index (χ0n) is 10.6. The Bertz CT molecular complexity index is 147. The number of hydrogen-bond acceptors (Lipinski definition) is 0. The van der Waals surface area contributed by atoms with Crippen LogP contribution in [-0.4, -0.2) is 31.7 Å². The number of nitrogens with zero attached hydrogens (tertiary/aromatic N) is 1. The summed E-state index contributed by atoms with van der Waals surface area (Å²) in [4.78, 5) is 0. The molecule has 0 atom stereocenters. The molecule has 0 aromatic rings. The highest BCUT2D eigenvalue weighted by Gasteiger charge is 2.11. The lowest BCUT2D eigenvalue weighted by molar-refractivity contribution is -0.884. The van der Waals surface area contributed by atoms with Gasteiger partial charge >= 0.3 is 0 Å². The van der Waals surface area contributed by atoms with Crippen LogP contribution in [0.15, 0.2) is 12.7 Å². The summed E-state index contributed by atoms with van der Waals surface area (Å²) in [5, 5.41) is 0.